The molecule has 0 aliphatic rings. The largest absolute Gasteiger partial charge is 0.483 e. The number of hydrogen-bond acceptors (Lipinski definition) is 3. The third kappa shape index (κ3) is 3.73. The zero-order chi connectivity index (χ0) is 16.9. The highest BCUT2D eigenvalue weighted by molar-refractivity contribution is 14.1. The van der Waals surface area contributed by atoms with Crippen LogP contribution < -0.4 is 10.1 Å². The van der Waals surface area contributed by atoms with Crippen LogP contribution in [0.15, 0.2) is 60.7 Å². The van der Waals surface area contributed by atoms with Crippen LogP contribution in [0.25, 0.3) is 10.8 Å². The van der Waals surface area contributed by atoms with Crippen LogP contribution in [0.3, 0.4) is 0 Å². The highest BCUT2D eigenvalue weighted by atomic mass is 127. The molecule has 0 saturated carbocycles. The molecule has 0 spiro atoms. The number of nitrogens with one attached hydrogen (secondary N) is 1. The zero-order valence-electron chi connectivity index (χ0n) is 12.7. The van der Waals surface area contributed by atoms with E-state index in [1.54, 1.807) is 6.07 Å². The molecule has 0 atom stereocenters. The van der Waals surface area contributed by atoms with Gasteiger partial charge < -0.3 is 10.1 Å². The number of carbonyl (C=O) groups is 2. The third-order valence-corrected chi connectivity index (χ3v) is 4.25. The highest BCUT2D eigenvalue weighted by Crippen LogP contribution is 2.26. The first-order valence-corrected chi connectivity index (χ1v) is 8.40. The Morgan fingerprint density at radius 1 is 1.04 bits per heavy atom. The maximum atomic E-state index is 12.0. The molecule has 3 rings (SSSR count). The summed E-state index contributed by atoms with van der Waals surface area (Å²) in [7, 11) is 0. The van der Waals surface area contributed by atoms with E-state index in [1.807, 2.05) is 54.6 Å². The Kier molecular flexibility index (Phi) is 5.10. The van der Waals surface area contributed by atoms with E-state index in [-0.39, 0.29) is 12.5 Å². The second-order valence-corrected chi connectivity index (χ2v) is 6.41. The highest BCUT2D eigenvalue weighted by Gasteiger charge is 2.10. The first-order valence-electron chi connectivity index (χ1n) is 7.32. The Morgan fingerprint density at radius 3 is 2.54 bits per heavy atom. The van der Waals surface area contributed by atoms with E-state index in [0.29, 0.717) is 17.0 Å². The molecule has 0 radical (unpaired) electrons. The Bertz CT molecular complexity index is 891. The number of carbonyl (C=O) groups excluding carboxylic acids is 2. The molecule has 0 aliphatic carbocycles. The Morgan fingerprint density at radius 2 is 1.79 bits per heavy atom. The van der Waals surface area contributed by atoms with E-state index >= 15 is 0 Å². The van der Waals surface area contributed by atoms with Gasteiger partial charge in [0.25, 0.3) is 5.91 Å². The van der Waals surface area contributed by atoms with Gasteiger partial charge in [-0.1, -0.05) is 30.3 Å². The lowest BCUT2D eigenvalue weighted by Gasteiger charge is -2.11. The van der Waals surface area contributed by atoms with Gasteiger partial charge >= 0.3 is 0 Å². The summed E-state index contributed by atoms with van der Waals surface area (Å²) in [4.78, 5) is 23.4. The van der Waals surface area contributed by atoms with Crippen LogP contribution in [0.1, 0.15) is 10.4 Å². The lowest BCUT2D eigenvalue weighted by atomic mass is 10.0. The first kappa shape index (κ1) is 16.4. The van der Waals surface area contributed by atoms with Crippen LogP contribution in [0.5, 0.6) is 5.75 Å². The van der Waals surface area contributed by atoms with Gasteiger partial charge in [0.05, 0.1) is 5.56 Å². The average Bonchev–Trinajstić information content (AvgIpc) is 2.61. The standard InChI is InChI=1S/C19H14INO3/c20-14-6-8-15(9-7-14)21-19(23)12-24-18-10-5-13-3-1-2-4-16(13)17(18)11-22/h1-11H,12H2,(H,21,23). The van der Waals surface area contributed by atoms with Gasteiger partial charge in [-0.25, -0.2) is 0 Å². The summed E-state index contributed by atoms with van der Waals surface area (Å²) in [5.74, 6) is 0.127. The van der Waals surface area contributed by atoms with Crippen molar-refractivity contribution in [2.24, 2.45) is 0 Å². The summed E-state index contributed by atoms with van der Waals surface area (Å²) in [6.07, 6.45) is 0.759. The molecule has 24 heavy (non-hydrogen) atoms. The molecule has 5 heteroatoms. The number of fused-ring (bicyclic) bond motifs is 1. The summed E-state index contributed by atoms with van der Waals surface area (Å²) in [5.41, 5.74) is 1.16. The van der Waals surface area contributed by atoms with Crippen LogP contribution in [-0.4, -0.2) is 18.8 Å². The molecule has 0 saturated heterocycles. The zero-order valence-corrected chi connectivity index (χ0v) is 14.8. The van der Waals surface area contributed by atoms with Gasteiger partial charge in [0, 0.05) is 9.26 Å². The molecule has 3 aromatic carbocycles. The summed E-state index contributed by atoms with van der Waals surface area (Å²) >= 11 is 2.20. The molecule has 4 nitrogen and oxygen atoms in total. The minimum atomic E-state index is -0.277. The molecule has 1 N–H and O–H groups in total. The van der Waals surface area contributed by atoms with Crippen molar-refractivity contribution < 1.29 is 14.3 Å². The first-order chi connectivity index (χ1) is 11.7. The van der Waals surface area contributed by atoms with Gasteiger partial charge in [0.1, 0.15) is 5.75 Å². The fourth-order valence-electron chi connectivity index (χ4n) is 2.40. The SMILES string of the molecule is O=Cc1c(OCC(=O)Nc2ccc(I)cc2)ccc2ccccc12. The molecule has 0 fully saturated rings. The number of benzene rings is 3. The lowest BCUT2D eigenvalue weighted by Crippen LogP contribution is -2.20. The number of rotatable bonds is 5. The Balaban J connectivity index is 1.72. The Hall–Kier alpha value is -2.41. The number of ether oxygens (including phenoxy) is 1. The smallest absolute Gasteiger partial charge is 0.262 e. The molecule has 0 heterocycles. The van der Waals surface area contributed by atoms with E-state index < -0.39 is 0 Å². The van der Waals surface area contributed by atoms with Crippen LogP contribution in [0.2, 0.25) is 0 Å². The molecule has 0 bridgehead atoms. The second kappa shape index (κ2) is 7.44. The number of anilines is 1. The molecule has 0 unspecified atom stereocenters. The molecule has 3 aromatic rings. The minimum absolute atomic E-state index is 0.162. The van der Waals surface area contributed by atoms with Crippen LogP contribution >= 0.6 is 22.6 Å². The molecule has 0 aliphatic heterocycles. The topological polar surface area (TPSA) is 55.4 Å². The van der Waals surface area contributed by atoms with E-state index in [1.165, 1.54) is 0 Å². The third-order valence-electron chi connectivity index (χ3n) is 3.54. The maximum Gasteiger partial charge on any atom is 0.262 e. The monoisotopic (exact) mass is 431 g/mol. The number of halogens is 1. The quantitative estimate of drug-likeness (QED) is 0.485. The fraction of sp³-hybridized carbons (Fsp3) is 0.0526. The van der Waals surface area contributed by atoms with Gasteiger partial charge in [-0.2, -0.15) is 0 Å². The van der Waals surface area contributed by atoms with E-state index in [4.69, 9.17) is 4.74 Å². The van der Waals surface area contributed by atoms with Crippen molar-refractivity contribution in [3.05, 3.63) is 69.8 Å². The van der Waals surface area contributed by atoms with Crippen molar-refractivity contribution in [1.29, 1.82) is 0 Å². The van der Waals surface area contributed by atoms with E-state index in [2.05, 4.69) is 27.9 Å². The van der Waals surface area contributed by atoms with Crippen molar-refractivity contribution in [3.8, 4) is 5.75 Å². The molecular weight excluding hydrogens is 417 g/mol. The molecular formula is C19H14INO3. The number of aldehydes is 1. The van der Waals surface area contributed by atoms with Crippen molar-refractivity contribution in [2.75, 3.05) is 11.9 Å². The fourth-order valence-corrected chi connectivity index (χ4v) is 2.76. The van der Waals surface area contributed by atoms with E-state index in [0.717, 1.165) is 20.6 Å². The number of hydrogen-bond donors (Lipinski definition) is 1. The lowest BCUT2D eigenvalue weighted by molar-refractivity contribution is -0.118. The van der Waals surface area contributed by atoms with Gasteiger partial charge in [-0.3, -0.25) is 9.59 Å². The summed E-state index contributed by atoms with van der Waals surface area (Å²) in [6, 6.07) is 18.6. The number of amides is 1. The Labute approximate surface area is 153 Å². The van der Waals surface area contributed by atoms with Crippen molar-refractivity contribution in [1.82, 2.24) is 0 Å². The van der Waals surface area contributed by atoms with Gasteiger partial charge in [-0.05, 0) is 63.7 Å². The van der Waals surface area contributed by atoms with Crippen LogP contribution in [0, 0.1) is 3.57 Å². The predicted octanol–water partition coefficient (Wildman–Crippen LogP) is 4.27. The van der Waals surface area contributed by atoms with Crippen molar-refractivity contribution in [3.63, 3.8) is 0 Å². The summed E-state index contributed by atoms with van der Waals surface area (Å²) in [5, 5.41) is 4.52. The van der Waals surface area contributed by atoms with Crippen molar-refractivity contribution in [2.45, 2.75) is 0 Å². The van der Waals surface area contributed by atoms with Crippen molar-refractivity contribution >= 4 is 51.2 Å². The normalized spacial score (nSPS) is 10.4. The molecule has 0 aromatic heterocycles. The second-order valence-electron chi connectivity index (χ2n) is 5.16. The predicted molar refractivity (Wildman–Crippen MR) is 103 cm³/mol. The van der Waals surface area contributed by atoms with Crippen LogP contribution in [0.4, 0.5) is 5.69 Å². The van der Waals surface area contributed by atoms with Gasteiger partial charge in [0.2, 0.25) is 0 Å². The molecule has 1 amide bonds. The summed E-state index contributed by atoms with van der Waals surface area (Å²) < 4.78 is 6.64. The van der Waals surface area contributed by atoms with Crippen LogP contribution in [-0.2, 0) is 4.79 Å². The van der Waals surface area contributed by atoms with Gasteiger partial charge in [0.15, 0.2) is 12.9 Å². The maximum absolute atomic E-state index is 12.0. The average molecular weight is 431 g/mol. The molecule has 120 valence electrons. The summed E-state index contributed by atoms with van der Waals surface area (Å²) in [6.45, 7) is -0.162. The minimum Gasteiger partial charge on any atom is -0.483 e. The van der Waals surface area contributed by atoms with Gasteiger partial charge in [-0.15, -0.1) is 0 Å². The van der Waals surface area contributed by atoms with E-state index in [9.17, 15) is 9.59 Å².